The fourth-order valence-electron chi connectivity index (χ4n) is 10.0. The minimum atomic E-state index is 0.863. The highest BCUT2D eigenvalue weighted by atomic mass is 16.3. The highest BCUT2D eigenvalue weighted by Gasteiger charge is 2.25. The van der Waals surface area contributed by atoms with E-state index in [9.17, 15) is 0 Å². The molecule has 0 bridgehead atoms. The molecule has 0 aliphatic carbocycles. The summed E-state index contributed by atoms with van der Waals surface area (Å²) >= 11 is 0. The van der Waals surface area contributed by atoms with Crippen LogP contribution in [-0.2, 0) is 0 Å². The summed E-state index contributed by atoms with van der Waals surface area (Å²) in [5.74, 6) is 0. The van der Waals surface area contributed by atoms with Gasteiger partial charge in [0.25, 0.3) is 0 Å². The molecule has 0 unspecified atom stereocenters. The summed E-state index contributed by atoms with van der Waals surface area (Å²) in [5, 5.41) is 14.5. The van der Waals surface area contributed by atoms with Gasteiger partial charge in [-0.25, -0.2) is 0 Å². The predicted molar refractivity (Wildman–Crippen MR) is 258 cm³/mol. The zero-order valence-corrected chi connectivity index (χ0v) is 33.1. The molecule has 11 aromatic carbocycles. The van der Waals surface area contributed by atoms with E-state index in [4.69, 9.17) is 4.42 Å². The van der Waals surface area contributed by atoms with Crippen LogP contribution in [0.15, 0.2) is 223 Å². The number of fused-ring (bicyclic) bond motifs is 14. The minimum Gasteiger partial charge on any atom is -0.456 e. The van der Waals surface area contributed by atoms with Crippen molar-refractivity contribution in [2.24, 2.45) is 0 Å². The third kappa shape index (κ3) is 5.11. The molecular weight excluding hydrogens is 741 g/mol. The van der Waals surface area contributed by atoms with E-state index in [1.807, 2.05) is 12.1 Å². The van der Waals surface area contributed by atoms with E-state index in [-0.39, 0.29) is 0 Å². The molecule has 0 saturated heterocycles. The van der Waals surface area contributed by atoms with Crippen LogP contribution in [0.25, 0.3) is 104 Å². The fraction of sp³-hybridized carbons (Fsp3) is 0. The van der Waals surface area contributed by atoms with Crippen LogP contribution in [0.4, 0.5) is 17.1 Å². The smallest absolute Gasteiger partial charge is 0.137 e. The van der Waals surface area contributed by atoms with Crippen molar-refractivity contribution >= 4 is 104 Å². The zero-order chi connectivity index (χ0) is 40.0. The molecule has 0 radical (unpaired) electrons. The van der Waals surface area contributed by atoms with Gasteiger partial charge in [0.2, 0.25) is 0 Å². The number of furan rings is 1. The molecule has 0 N–H and O–H groups in total. The molecule has 3 nitrogen and oxygen atoms in total. The third-order valence-corrected chi connectivity index (χ3v) is 12.7. The van der Waals surface area contributed by atoms with E-state index in [1.54, 1.807) is 0 Å². The summed E-state index contributed by atoms with van der Waals surface area (Å²) in [4.78, 5) is 2.41. The van der Waals surface area contributed by atoms with Crippen molar-refractivity contribution in [1.29, 1.82) is 0 Å². The molecule has 0 saturated carbocycles. The van der Waals surface area contributed by atoms with Gasteiger partial charge in [0.05, 0.1) is 16.7 Å². The number of rotatable bonds is 5. The van der Waals surface area contributed by atoms with Gasteiger partial charge in [0.15, 0.2) is 0 Å². The number of hydrogen-bond acceptors (Lipinski definition) is 2. The van der Waals surface area contributed by atoms with Crippen LogP contribution < -0.4 is 4.90 Å². The Morgan fingerprint density at radius 3 is 1.67 bits per heavy atom. The molecule has 0 fully saturated rings. The lowest BCUT2D eigenvalue weighted by atomic mass is 9.94. The molecule has 0 amide bonds. The molecule has 284 valence electrons. The quantitative estimate of drug-likeness (QED) is 0.162. The van der Waals surface area contributed by atoms with Crippen molar-refractivity contribution in [3.63, 3.8) is 0 Å². The molecule has 2 aromatic heterocycles. The van der Waals surface area contributed by atoms with E-state index >= 15 is 0 Å². The maximum absolute atomic E-state index is 6.52. The van der Waals surface area contributed by atoms with Crippen molar-refractivity contribution in [1.82, 2.24) is 4.57 Å². The van der Waals surface area contributed by atoms with Crippen LogP contribution in [-0.4, -0.2) is 4.57 Å². The maximum Gasteiger partial charge on any atom is 0.137 e. The van der Waals surface area contributed by atoms with Gasteiger partial charge >= 0.3 is 0 Å². The molecule has 13 aromatic rings. The minimum absolute atomic E-state index is 0.863. The molecule has 0 spiro atoms. The summed E-state index contributed by atoms with van der Waals surface area (Å²) in [5.41, 5.74) is 10.8. The lowest BCUT2D eigenvalue weighted by molar-refractivity contribution is 0.669. The monoisotopic (exact) mass is 776 g/mol. The summed E-state index contributed by atoms with van der Waals surface area (Å²) in [6.07, 6.45) is 0. The van der Waals surface area contributed by atoms with Crippen molar-refractivity contribution < 1.29 is 4.42 Å². The molecule has 0 aliphatic heterocycles. The van der Waals surface area contributed by atoms with E-state index in [0.717, 1.165) is 50.2 Å². The number of hydrogen-bond donors (Lipinski definition) is 0. The Labute approximate surface area is 351 Å². The average molecular weight is 777 g/mol. The topological polar surface area (TPSA) is 21.3 Å². The van der Waals surface area contributed by atoms with Crippen molar-refractivity contribution in [2.45, 2.75) is 0 Å². The Morgan fingerprint density at radius 2 is 0.918 bits per heavy atom. The van der Waals surface area contributed by atoms with Gasteiger partial charge in [-0.3, -0.25) is 0 Å². The van der Waals surface area contributed by atoms with Crippen LogP contribution in [0.1, 0.15) is 0 Å². The van der Waals surface area contributed by atoms with Gasteiger partial charge in [-0.05, 0) is 103 Å². The second-order valence-electron chi connectivity index (χ2n) is 16.0. The lowest BCUT2D eigenvalue weighted by Gasteiger charge is -2.27. The Morgan fingerprint density at radius 1 is 0.344 bits per heavy atom. The Hall–Kier alpha value is -8.14. The van der Waals surface area contributed by atoms with Crippen LogP contribution in [0.5, 0.6) is 0 Å². The molecule has 3 heteroatoms. The van der Waals surface area contributed by atoms with Crippen molar-refractivity contribution in [2.75, 3.05) is 4.90 Å². The Kier molecular flexibility index (Phi) is 7.31. The Balaban J connectivity index is 1.17. The van der Waals surface area contributed by atoms with E-state index < -0.39 is 0 Å². The van der Waals surface area contributed by atoms with E-state index in [0.29, 0.717) is 0 Å². The summed E-state index contributed by atoms with van der Waals surface area (Å²) in [6, 6.07) is 79.4. The molecular formula is C58H36N2O. The van der Waals surface area contributed by atoms with Crippen LogP contribution in [0, 0.1) is 0 Å². The maximum atomic E-state index is 6.52. The van der Waals surface area contributed by atoms with E-state index in [2.05, 4.69) is 216 Å². The summed E-state index contributed by atoms with van der Waals surface area (Å²) in [6.45, 7) is 0. The SMILES string of the molecule is c1ccc(-c2ccc3c4c(N(c5ccccc5)c5ccc6c(c5)oc5ccccc56)cc5ccccc5c4n(-c4ccc5c6ccccc6c6ccccc6c5c4)c3c2)cc1. The molecule has 61 heavy (non-hydrogen) atoms. The molecule has 2 heterocycles. The first-order valence-corrected chi connectivity index (χ1v) is 20.9. The third-order valence-electron chi connectivity index (χ3n) is 12.7. The number of anilines is 3. The van der Waals surface area contributed by atoms with Gasteiger partial charge in [-0.2, -0.15) is 0 Å². The average Bonchev–Trinajstić information content (AvgIpc) is 3.88. The van der Waals surface area contributed by atoms with Gasteiger partial charge in [0.1, 0.15) is 11.2 Å². The zero-order valence-electron chi connectivity index (χ0n) is 33.1. The fourth-order valence-corrected chi connectivity index (χ4v) is 10.0. The highest BCUT2D eigenvalue weighted by molar-refractivity contribution is 6.27. The summed E-state index contributed by atoms with van der Waals surface area (Å²) in [7, 11) is 0. The summed E-state index contributed by atoms with van der Waals surface area (Å²) < 4.78 is 9.05. The second kappa shape index (κ2) is 13.2. The lowest BCUT2D eigenvalue weighted by Crippen LogP contribution is -2.10. The Bertz CT molecular complexity index is 3840. The second-order valence-corrected chi connectivity index (χ2v) is 16.0. The first kappa shape index (κ1) is 33.8. The van der Waals surface area contributed by atoms with Gasteiger partial charge in [-0.1, -0.05) is 158 Å². The van der Waals surface area contributed by atoms with Gasteiger partial charge < -0.3 is 13.9 Å². The van der Waals surface area contributed by atoms with Crippen molar-refractivity contribution in [3.8, 4) is 16.8 Å². The standard InChI is InChI=1S/C58H36N2O/c1-3-15-37(16-4-1)38-27-30-51-53(33-38)60(41-28-31-48-46-23-10-9-21-44(46)45-22-11-12-24-47(45)52(48)35-41)58-43-20-8-7-17-39(43)34-54(57(51)58)59(40-18-5-2-6-19-40)42-29-32-50-49-25-13-14-26-55(49)61-56(50)36-42/h1-36H. The highest BCUT2D eigenvalue weighted by Crippen LogP contribution is 2.49. The first-order valence-electron chi connectivity index (χ1n) is 20.9. The number of benzene rings is 11. The molecule has 0 atom stereocenters. The molecule has 0 aliphatic rings. The normalized spacial score (nSPS) is 11.9. The van der Waals surface area contributed by atoms with Crippen LogP contribution >= 0.6 is 0 Å². The predicted octanol–water partition coefficient (Wildman–Crippen LogP) is 16.4. The van der Waals surface area contributed by atoms with Crippen LogP contribution in [0.2, 0.25) is 0 Å². The first-order chi connectivity index (χ1) is 30.3. The number of para-hydroxylation sites is 2. The van der Waals surface area contributed by atoms with Gasteiger partial charge in [-0.15, -0.1) is 0 Å². The largest absolute Gasteiger partial charge is 0.456 e. The molecule has 13 rings (SSSR count). The van der Waals surface area contributed by atoms with Crippen molar-refractivity contribution in [3.05, 3.63) is 218 Å². The van der Waals surface area contributed by atoms with E-state index in [1.165, 1.54) is 70.5 Å². The number of aromatic nitrogens is 1. The number of nitrogens with zero attached hydrogens (tertiary/aromatic N) is 2. The van der Waals surface area contributed by atoms with Gasteiger partial charge in [0, 0.05) is 50.1 Å². The van der Waals surface area contributed by atoms with Crippen LogP contribution in [0.3, 0.4) is 0 Å².